The Balaban J connectivity index is 3.24. The summed E-state index contributed by atoms with van der Waals surface area (Å²) in [6, 6.07) is 0. The normalized spacial score (nSPS) is 12.2. The van der Waals surface area contributed by atoms with E-state index in [0.29, 0.717) is 71.6 Å². The van der Waals surface area contributed by atoms with Gasteiger partial charge in [0, 0.05) is 19.6 Å². The molecule has 0 aromatic rings. The average molecular weight is 433 g/mol. The van der Waals surface area contributed by atoms with E-state index in [4.69, 9.17) is 23.7 Å². The lowest BCUT2D eigenvalue weighted by Crippen LogP contribution is -2.15. The molecule has 0 fully saturated rings. The molecule has 0 N–H and O–H groups in total. The van der Waals surface area contributed by atoms with Crippen molar-refractivity contribution in [1.82, 2.24) is 0 Å². The second-order valence-corrected chi connectivity index (χ2v) is 7.71. The molecule has 0 radical (unpaired) electrons. The summed E-state index contributed by atoms with van der Waals surface area (Å²) in [4.78, 5) is 11.8. The summed E-state index contributed by atoms with van der Waals surface area (Å²) >= 11 is 0. The molecular formula is C24H48O6. The van der Waals surface area contributed by atoms with Crippen molar-refractivity contribution in [3.05, 3.63) is 0 Å². The number of unbranched alkanes of at least 4 members (excludes halogenated alkanes) is 4. The maximum absolute atomic E-state index is 11.8. The Bertz CT molecular complexity index is 351. The van der Waals surface area contributed by atoms with Gasteiger partial charge in [0.1, 0.15) is 0 Å². The van der Waals surface area contributed by atoms with Gasteiger partial charge >= 0.3 is 5.97 Å². The average Bonchev–Trinajstić information content (AvgIpc) is 2.76. The highest BCUT2D eigenvalue weighted by molar-refractivity contribution is 5.69. The van der Waals surface area contributed by atoms with E-state index in [2.05, 4.69) is 20.8 Å². The van der Waals surface area contributed by atoms with Gasteiger partial charge in [-0.15, -0.1) is 0 Å². The lowest BCUT2D eigenvalue weighted by molar-refractivity contribution is -0.145. The van der Waals surface area contributed by atoms with Gasteiger partial charge in [0.2, 0.25) is 0 Å². The fourth-order valence-electron chi connectivity index (χ4n) is 2.89. The maximum Gasteiger partial charge on any atom is 0.305 e. The molecule has 0 spiro atoms. The second kappa shape index (κ2) is 24.6. The van der Waals surface area contributed by atoms with Crippen LogP contribution < -0.4 is 0 Å². The van der Waals surface area contributed by atoms with Gasteiger partial charge in [0.15, 0.2) is 0 Å². The minimum absolute atomic E-state index is 0.119. The van der Waals surface area contributed by atoms with E-state index in [1.54, 1.807) is 0 Å². The Morgan fingerprint density at radius 3 is 1.70 bits per heavy atom. The molecule has 0 aliphatic carbocycles. The Morgan fingerprint density at radius 2 is 1.17 bits per heavy atom. The predicted octanol–water partition coefficient (Wildman–Crippen LogP) is 5.17. The van der Waals surface area contributed by atoms with Gasteiger partial charge in [-0.1, -0.05) is 59.3 Å². The molecule has 0 aliphatic heterocycles. The van der Waals surface area contributed by atoms with E-state index in [1.165, 1.54) is 32.1 Å². The molecule has 0 amide bonds. The molecule has 1 unspecified atom stereocenters. The van der Waals surface area contributed by atoms with Gasteiger partial charge in [-0.25, -0.2) is 0 Å². The zero-order valence-electron chi connectivity index (χ0n) is 20.0. The van der Waals surface area contributed by atoms with Crippen molar-refractivity contribution < 1.29 is 28.5 Å². The van der Waals surface area contributed by atoms with Crippen LogP contribution in [-0.2, 0) is 28.5 Å². The summed E-state index contributed by atoms with van der Waals surface area (Å²) < 4.78 is 27.3. The summed E-state index contributed by atoms with van der Waals surface area (Å²) in [5, 5.41) is 0. The zero-order chi connectivity index (χ0) is 22.1. The third-order valence-corrected chi connectivity index (χ3v) is 4.95. The van der Waals surface area contributed by atoms with Gasteiger partial charge in [-0.05, 0) is 25.2 Å². The van der Waals surface area contributed by atoms with Gasteiger partial charge in [0.25, 0.3) is 0 Å². The zero-order valence-corrected chi connectivity index (χ0v) is 20.0. The first kappa shape index (κ1) is 29.3. The SMILES string of the molecule is CCCCCCOCCOCCOCCOCCCC(=O)OCC(CC)CCCC. The highest BCUT2D eigenvalue weighted by Crippen LogP contribution is 2.13. The number of esters is 1. The second-order valence-electron chi connectivity index (χ2n) is 7.71. The Morgan fingerprint density at radius 1 is 0.633 bits per heavy atom. The smallest absolute Gasteiger partial charge is 0.305 e. The van der Waals surface area contributed by atoms with E-state index < -0.39 is 0 Å². The summed E-state index contributed by atoms with van der Waals surface area (Å²) in [5.74, 6) is 0.376. The number of hydrogen-bond donors (Lipinski definition) is 0. The fourth-order valence-corrected chi connectivity index (χ4v) is 2.89. The van der Waals surface area contributed by atoms with Crippen LogP contribution in [-0.4, -0.2) is 65.4 Å². The molecule has 0 aliphatic rings. The van der Waals surface area contributed by atoms with Crippen LogP contribution in [0.5, 0.6) is 0 Å². The monoisotopic (exact) mass is 432 g/mol. The number of carbonyl (C=O) groups excluding carboxylic acids is 1. The highest BCUT2D eigenvalue weighted by atomic mass is 16.6. The van der Waals surface area contributed by atoms with Crippen molar-refractivity contribution in [1.29, 1.82) is 0 Å². The number of rotatable bonds is 24. The quantitative estimate of drug-likeness (QED) is 0.155. The van der Waals surface area contributed by atoms with Gasteiger partial charge in [-0.3, -0.25) is 4.79 Å². The molecule has 6 nitrogen and oxygen atoms in total. The molecule has 30 heavy (non-hydrogen) atoms. The molecule has 0 heterocycles. The number of carbonyl (C=O) groups is 1. The van der Waals surface area contributed by atoms with Crippen LogP contribution in [0.2, 0.25) is 0 Å². The van der Waals surface area contributed by atoms with Gasteiger partial charge in [0.05, 0.1) is 46.2 Å². The molecule has 0 aromatic heterocycles. The van der Waals surface area contributed by atoms with E-state index >= 15 is 0 Å². The molecule has 0 aromatic carbocycles. The first-order valence-corrected chi connectivity index (χ1v) is 12.2. The van der Waals surface area contributed by atoms with Crippen LogP contribution in [0, 0.1) is 5.92 Å². The molecule has 0 bridgehead atoms. The predicted molar refractivity (Wildman–Crippen MR) is 121 cm³/mol. The first-order chi connectivity index (χ1) is 14.7. The molecular weight excluding hydrogens is 384 g/mol. The minimum Gasteiger partial charge on any atom is -0.465 e. The number of ether oxygens (including phenoxy) is 5. The molecule has 0 rings (SSSR count). The first-order valence-electron chi connectivity index (χ1n) is 12.2. The number of hydrogen-bond acceptors (Lipinski definition) is 6. The van der Waals surface area contributed by atoms with Crippen molar-refractivity contribution in [2.75, 3.05) is 59.5 Å². The van der Waals surface area contributed by atoms with E-state index in [9.17, 15) is 4.79 Å². The Labute approximate surface area is 185 Å². The minimum atomic E-state index is -0.119. The fraction of sp³-hybridized carbons (Fsp3) is 0.958. The summed E-state index contributed by atoms with van der Waals surface area (Å²) in [6.45, 7) is 11.9. The molecule has 0 saturated heterocycles. The summed E-state index contributed by atoms with van der Waals surface area (Å²) in [5.41, 5.74) is 0. The van der Waals surface area contributed by atoms with Crippen LogP contribution in [0.3, 0.4) is 0 Å². The van der Waals surface area contributed by atoms with Crippen molar-refractivity contribution in [2.24, 2.45) is 5.92 Å². The Hall–Kier alpha value is -0.690. The van der Waals surface area contributed by atoms with E-state index in [1.807, 2.05) is 0 Å². The van der Waals surface area contributed by atoms with Crippen LogP contribution in [0.25, 0.3) is 0 Å². The Kier molecular flexibility index (Phi) is 24.0. The van der Waals surface area contributed by atoms with Crippen molar-refractivity contribution >= 4 is 5.97 Å². The van der Waals surface area contributed by atoms with Crippen molar-refractivity contribution in [3.8, 4) is 0 Å². The lowest BCUT2D eigenvalue weighted by atomic mass is 10.0. The van der Waals surface area contributed by atoms with E-state index in [0.717, 1.165) is 25.9 Å². The third-order valence-electron chi connectivity index (χ3n) is 4.95. The van der Waals surface area contributed by atoms with E-state index in [-0.39, 0.29) is 5.97 Å². The molecule has 6 heteroatoms. The van der Waals surface area contributed by atoms with Crippen LogP contribution in [0.4, 0.5) is 0 Å². The maximum atomic E-state index is 11.8. The largest absolute Gasteiger partial charge is 0.465 e. The van der Waals surface area contributed by atoms with Gasteiger partial charge in [-0.2, -0.15) is 0 Å². The van der Waals surface area contributed by atoms with Crippen LogP contribution >= 0.6 is 0 Å². The van der Waals surface area contributed by atoms with Crippen LogP contribution in [0.1, 0.15) is 85.0 Å². The molecule has 0 saturated carbocycles. The molecule has 1 atom stereocenters. The highest BCUT2D eigenvalue weighted by Gasteiger charge is 2.09. The van der Waals surface area contributed by atoms with Crippen molar-refractivity contribution in [3.63, 3.8) is 0 Å². The summed E-state index contributed by atoms with van der Waals surface area (Å²) in [7, 11) is 0. The standard InChI is InChI=1S/C24H48O6/c1-4-7-9-10-14-26-16-18-28-20-21-29-19-17-27-15-11-13-24(25)30-22-23(6-3)12-8-5-2/h23H,4-22H2,1-3H3. The van der Waals surface area contributed by atoms with Gasteiger partial charge < -0.3 is 23.7 Å². The third kappa shape index (κ3) is 22.0. The van der Waals surface area contributed by atoms with Crippen LogP contribution in [0.15, 0.2) is 0 Å². The topological polar surface area (TPSA) is 63.2 Å². The summed E-state index contributed by atoms with van der Waals surface area (Å²) in [6.07, 6.45) is 10.6. The lowest BCUT2D eigenvalue weighted by Gasteiger charge is -2.14. The molecule has 180 valence electrons. The van der Waals surface area contributed by atoms with Crippen molar-refractivity contribution in [2.45, 2.75) is 85.0 Å².